The highest BCUT2D eigenvalue weighted by atomic mass is 32.1. The zero-order chi connectivity index (χ0) is 17.3. The van der Waals surface area contributed by atoms with Crippen LogP contribution < -0.4 is 10.1 Å². The number of nitrogens with one attached hydrogen (secondary N) is 1. The highest BCUT2D eigenvalue weighted by Crippen LogP contribution is 2.61. The lowest BCUT2D eigenvalue weighted by molar-refractivity contribution is -0.119. The molecule has 1 N–H and O–H groups in total. The number of hydrogen-bond acceptors (Lipinski definition) is 4. The Morgan fingerprint density at radius 1 is 1.24 bits per heavy atom. The molecule has 1 aromatic heterocycles. The van der Waals surface area contributed by atoms with Gasteiger partial charge in [0.05, 0.1) is 12.5 Å². The summed E-state index contributed by atoms with van der Waals surface area (Å²) < 4.78 is 5.28. The lowest BCUT2D eigenvalue weighted by Crippen LogP contribution is -2.32. The highest BCUT2D eigenvalue weighted by Gasteiger charge is 2.63. The Bertz CT molecular complexity index is 723. The van der Waals surface area contributed by atoms with Gasteiger partial charge < -0.3 is 10.1 Å². The van der Waals surface area contributed by atoms with Crippen LogP contribution in [0.15, 0.2) is 35.8 Å². The smallest absolute Gasteiger partial charge is 0.237 e. The van der Waals surface area contributed by atoms with Gasteiger partial charge in [-0.15, -0.1) is 11.3 Å². The summed E-state index contributed by atoms with van der Waals surface area (Å²) >= 11 is 1.47. The number of hydrogen-bond donors (Lipinski definition) is 1. The monoisotopic (exact) mass is 356 g/mol. The van der Waals surface area contributed by atoms with Crippen molar-refractivity contribution in [2.45, 2.75) is 43.9 Å². The zero-order valence-corrected chi connectivity index (χ0v) is 15.3. The fourth-order valence-corrected chi connectivity index (χ4v) is 5.02. The predicted octanol–water partition coefficient (Wildman–Crippen LogP) is 4.63. The van der Waals surface area contributed by atoms with Crippen molar-refractivity contribution in [1.82, 2.24) is 4.98 Å². The van der Waals surface area contributed by atoms with Crippen molar-refractivity contribution in [3.63, 3.8) is 0 Å². The molecule has 2 fully saturated rings. The van der Waals surface area contributed by atoms with E-state index in [2.05, 4.69) is 22.4 Å². The quantitative estimate of drug-likeness (QED) is 0.850. The molecule has 2 aliphatic carbocycles. The summed E-state index contributed by atoms with van der Waals surface area (Å²) in [5.74, 6) is 2.04. The Labute approximate surface area is 152 Å². The first-order chi connectivity index (χ1) is 12.2. The maximum absolute atomic E-state index is 13.2. The highest BCUT2D eigenvalue weighted by molar-refractivity contribution is 7.13. The van der Waals surface area contributed by atoms with Gasteiger partial charge >= 0.3 is 0 Å². The number of rotatable bonds is 5. The SMILES string of the molecule is COc1ccc(C2(C(=O)Nc3nccs3)CC2C2CCCCC2)cc1. The molecule has 132 valence electrons. The van der Waals surface area contributed by atoms with Crippen LogP contribution in [0.2, 0.25) is 0 Å². The van der Waals surface area contributed by atoms with E-state index in [-0.39, 0.29) is 5.91 Å². The molecule has 0 spiro atoms. The van der Waals surface area contributed by atoms with E-state index in [0.29, 0.717) is 17.0 Å². The molecule has 0 aliphatic heterocycles. The maximum Gasteiger partial charge on any atom is 0.237 e. The number of benzene rings is 1. The molecule has 0 bridgehead atoms. The second-order valence-corrected chi connectivity index (χ2v) is 8.09. The largest absolute Gasteiger partial charge is 0.497 e. The maximum atomic E-state index is 13.2. The number of thiazole rings is 1. The number of carbonyl (C=O) groups excluding carboxylic acids is 1. The summed E-state index contributed by atoms with van der Waals surface area (Å²) in [5, 5.41) is 5.64. The minimum Gasteiger partial charge on any atom is -0.497 e. The Morgan fingerprint density at radius 3 is 2.64 bits per heavy atom. The second kappa shape index (κ2) is 6.79. The first kappa shape index (κ1) is 16.6. The molecule has 2 saturated carbocycles. The third-order valence-corrected chi connectivity index (χ3v) is 6.59. The standard InChI is InChI=1S/C20H24N2O2S/c1-24-16-9-7-15(8-10-16)20(18(23)22-19-21-11-12-25-19)13-17(20)14-5-3-2-4-6-14/h7-12,14,17H,2-6,13H2,1H3,(H,21,22,23). The summed E-state index contributed by atoms with van der Waals surface area (Å²) in [6.07, 6.45) is 9.12. The molecule has 25 heavy (non-hydrogen) atoms. The van der Waals surface area contributed by atoms with Crippen LogP contribution >= 0.6 is 11.3 Å². The molecule has 0 radical (unpaired) electrons. The number of aromatic nitrogens is 1. The van der Waals surface area contributed by atoms with Crippen molar-refractivity contribution in [3.05, 3.63) is 41.4 Å². The van der Waals surface area contributed by atoms with Crippen LogP contribution in [0.3, 0.4) is 0 Å². The number of nitrogens with zero attached hydrogens (tertiary/aromatic N) is 1. The van der Waals surface area contributed by atoms with Crippen molar-refractivity contribution in [2.75, 3.05) is 12.4 Å². The van der Waals surface area contributed by atoms with Gasteiger partial charge in [-0.05, 0) is 36.0 Å². The average Bonchev–Trinajstić information content (AvgIpc) is 3.24. The van der Waals surface area contributed by atoms with Crippen molar-refractivity contribution in [1.29, 1.82) is 0 Å². The number of methoxy groups -OCH3 is 1. The van der Waals surface area contributed by atoms with Gasteiger partial charge in [-0.2, -0.15) is 0 Å². The zero-order valence-electron chi connectivity index (χ0n) is 14.5. The molecular formula is C20H24N2O2S. The molecule has 5 heteroatoms. The fourth-order valence-electron chi connectivity index (χ4n) is 4.50. The summed E-state index contributed by atoms with van der Waals surface area (Å²) in [7, 11) is 1.67. The lowest BCUT2D eigenvalue weighted by atomic mass is 9.80. The van der Waals surface area contributed by atoms with Gasteiger partial charge in [0.25, 0.3) is 0 Å². The summed E-state index contributed by atoms with van der Waals surface area (Å²) in [6, 6.07) is 8.04. The lowest BCUT2D eigenvalue weighted by Gasteiger charge is -2.25. The molecule has 1 aromatic carbocycles. The molecule has 1 amide bonds. The van der Waals surface area contributed by atoms with Crippen LogP contribution in [0.5, 0.6) is 5.75 Å². The van der Waals surface area contributed by atoms with Crippen molar-refractivity contribution >= 4 is 22.4 Å². The predicted molar refractivity (Wildman–Crippen MR) is 100 cm³/mol. The number of ether oxygens (including phenoxy) is 1. The van der Waals surface area contributed by atoms with Crippen LogP contribution in [0.25, 0.3) is 0 Å². The fraction of sp³-hybridized carbons (Fsp3) is 0.500. The summed E-state index contributed by atoms with van der Waals surface area (Å²) in [6.45, 7) is 0. The normalized spacial score (nSPS) is 26.2. The van der Waals surface area contributed by atoms with Crippen molar-refractivity contribution < 1.29 is 9.53 Å². The molecule has 4 nitrogen and oxygen atoms in total. The third kappa shape index (κ3) is 3.06. The van der Waals surface area contributed by atoms with Gasteiger partial charge in [0.2, 0.25) is 5.91 Å². The van der Waals surface area contributed by atoms with E-state index >= 15 is 0 Å². The van der Waals surface area contributed by atoms with Gasteiger partial charge in [0.15, 0.2) is 5.13 Å². The molecule has 2 aromatic rings. The number of carbonyl (C=O) groups is 1. The minimum absolute atomic E-state index is 0.100. The number of anilines is 1. The van der Waals surface area contributed by atoms with Crippen LogP contribution in [0, 0.1) is 11.8 Å². The van der Waals surface area contributed by atoms with Gasteiger partial charge in [0.1, 0.15) is 5.75 Å². The molecule has 1 heterocycles. The van der Waals surface area contributed by atoms with Crippen molar-refractivity contribution in [3.8, 4) is 5.75 Å². The first-order valence-corrected chi connectivity index (χ1v) is 9.97. The summed E-state index contributed by atoms with van der Waals surface area (Å²) in [5.41, 5.74) is 0.706. The van der Waals surface area contributed by atoms with Gasteiger partial charge in [-0.1, -0.05) is 44.2 Å². The van der Waals surface area contributed by atoms with E-state index in [0.717, 1.165) is 17.7 Å². The molecule has 2 aliphatic rings. The van der Waals surface area contributed by atoms with E-state index in [4.69, 9.17) is 4.74 Å². The van der Waals surface area contributed by atoms with E-state index < -0.39 is 5.41 Å². The molecule has 4 rings (SSSR count). The van der Waals surface area contributed by atoms with Crippen LogP contribution in [-0.2, 0) is 10.2 Å². The van der Waals surface area contributed by atoms with Gasteiger partial charge in [-0.25, -0.2) is 4.98 Å². The summed E-state index contributed by atoms with van der Waals surface area (Å²) in [4.78, 5) is 17.4. The Hall–Kier alpha value is -1.88. The van der Waals surface area contributed by atoms with E-state index in [9.17, 15) is 4.79 Å². The minimum atomic E-state index is -0.403. The van der Waals surface area contributed by atoms with Gasteiger partial charge in [0, 0.05) is 11.6 Å². The molecule has 2 unspecified atom stereocenters. The second-order valence-electron chi connectivity index (χ2n) is 7.20. The van der Waals surface area contributed by atoms with E-state index in [1.165, 1.54) is 43.4 Å². The first-order valence-electron chi connectivity index (χ1n) is 9.09. The molecule has 2 atom stereocenters. The van der Waals surface area contributed by atoms with Crippen LogP contribution in [0.1, 0.15) is 44.1 Å². The van der Waals surface area contributed by atoms with Crippen LogP contribution in [-0.4, -0.2) is 18.0 Å². The topological polar surface area (TPSA) is 51.2 Å². The molecular weight excluding hydrogens is 332 g/mol. The number of amides is 1. The Morgan fingerprint density at radius 2 is 2.00 bits per heavy atom. The van der Waals surface area contributed by atoms with E-state index in [1.807, 2.05) is 17.5 Å². The Balaban J connectivity index is 1.62. The van der Waals surface area contributed by atoms with Crippen LogP contribution in [0.4, 0.5) is 5.13 Å². The Kier molecular flexibility index (Phi) is 4.50. The molecule has 0 saturated heterocycles. The van der Waals surface area contributed by atoms with E-state index in [1.54, 1.807) is 13.3 Å². The third-order valence-electron chi connectivity index (χ3n) is 5.90. The average molecular weight is 356 g/mol. The van der Waals surface area contributed by atoms with Crippen molar-refractivity contribution in [2.24, 2.45) is 11.8 Å². The van der Waals surface area contributed by atoms with Gasteiger partial charge in [-0.3, -0.25) is 4.79 Å².